The molecule has 0 aliphatic heterocycles. The van der Waals surface area contributed by atoms with E-state index in [9.17, 15) is 0 Å². The van der Waals surface area contributed by atoms with Gasteiger partial charge in [0.25, 0.3) is 0 Å². The first-order valence-electron chi connectivity index (χ1n) is 3.83. The van der Waals surface area contributed by atoms with Crippen molar-refractivity contribution in [1.29, 1.82) is 0 Å². The molecule has 0 amide bonds. The van der Waals surface area contributed by atoms with Gasteiger partial charge in [0.2, 0.25) is 0 Å². The van der Waals surface area contributed by atoms with Crippen molar-refractivity contribution in [3.05, 3.63) is 24.5 Å². The van der Waals surface area contributed by atoms with Crippen molar-refractivity contribution in [3.8, 4) is 0 Å². The molecule has 56 valence electrons. The Kier molecular flexibility index (Phi) is 2.55. The van der Waals surface area contributed by atoms with Gasteiger partial charge in [0.1, 0.15) is 0 Å². The highest BCUT2D eigenvalue weighted by Crippen LogP contribution is 2.25. The average molecular weight is 138 g/mol. The molecule has 0 saturated carbocycles. The summed E-state index contributed by atoms with van der Waals surface area (Å²) < 4.78 is 0. The first-order valence-corrected chi connectivity index (χ1v) is 3.83. The summed E-state index contributed by atoms with van der Waals surface area (Å²) in [7, 11) is 0. The van der Waals surface area contributed by atoms with Gasteiger partial charge in [-0.25, -0.2) is 0 Å². The van der Waals surface area contributed by atoms with E-state index in [2.05, 4.69) is 6.58 Å². The Bertz CT molecular complexity index is 147. The van der Waals surface area contributed by atoms with Crippen LogP contribution in [0.1, 0.15) is 25.7 Å². The molecule has 0 radical (unpaired) electrons. The van der Waals surface area contributed by atoms with E-state index < -0.39 is 0 Å². The zero-order valence-corrected chi connectivity index (χ0v) is 6.21. The molecule has 0 spiro atoms. The van der Waals surface area contributed by atoms with Gasteiger partial charge in [-0.1, -0.05) is 6.08 Å². The molecule has 0 heterocycles. The number of hydrogen-bond donors (Lipinski definition) is 1. The highest BCUT2D eigenvalue weighted by molar-refractivity contribution is 5.02. The average Bonchev–Trinajstić information content (AvgIpc) is 2.31. The summed E-state index contributed by atoms with van der Waals surface area (Å²) in [6.45, 7) is 3.66. The topological polar surface area (TPSA) is 20.2 Å². The molecular weight excluding hydrogens is 124 g/mol. The van der Waals surface area contributed by atoms with Crippen LogP contribution in [-0.4, -0.2) is 5.11 Å². The van der Waals surface area contributed by atoms with Crippen molar-refractivity contribution in [2.24, 2.45) is 5.92 Å². The summed E-state index contributed by atoms with van der Waals surface area (Å²) in [5, 5.41) is 9.03. The van der Waals surface area contributed by atoms with Crippen molar-refractivity contribution in [1.82, 2.24) is 0 Å². The zero-order valence-electron chi connectivity index (χ0n) is 6.21. The van der Waals surface area contributed by atoms with E-state index in [1.54, 1.807) is 0 Å². The third-order valence-electron chi connectivity index (χ3n) is 1.94. The van der Waals surface area contributed by atoms with Gasteiger partial charge in [0.05, 0.1) is 5.76 Å². The largest absolute Gasteiger partial charge is 0.513 e. The second-order valence-corrected chi connectivity index (χ2v) is 2.82. The van der Waals surface area contributed by atoms with E-state index in [1.807, 2.05) is 12.2 Å². The van der Waals surface area contributed by atoms with Crippen LogP contribution in [0.3, 0.4) is 0 Å². The van der Waals surface area contributed by atoms with Gasteiger partial charge in [-0.2, -0.15) is 0 Å². The molecule has 1 aliphatic rings. The van der Waals surface area contributed by atoms with Crippen molar-refractivity contribution in [2.75, 3.05) is 0 Å². The van der Waals surface area contributed by atoms with E-state index in [0.29, 0.717) is 11.7 Å². The summed E-state index contributed by atoms with van der Waals surface area (Å²) in [4.78, 5) is 0. The number of aliphatic hydroxyl groups excluding tert-OH is 1. The van der Waals surface area contributed by atoms with E-state index in [-0.39, 0.29) is 0 Å². The lowest BCUT2D eigenvalue weighted by Crippen LogP contribution is -1.88. The van der Waals surface area contributed by atoms with Crippen LogP contribution in [0.4, 0.5) is 0 Å². The number of rotatable bonds is 3. The Labute approximate surface area is 62.1 Å². The zero-order chi connectivity index (χ0) is 7.40. The summed E-state index contributed by atoms with van der Waals surface area (Å²) in [6.07, 6.45) is 8.12. The molecule has 10 heavy (non-hydrogen) atoms. The predicted octanol–water partition coefficient (Wildman–Crippen LogP) is 2.80. The SMILES string of the molecule is C=CCCC1C=C(O)CC1. The monoisotopic (exact) mass is 138 g/mol. The lowest BCUT2D eigenvalue weighted by molar-refractivity contribution is 0.396. The van der Waals surface area contributed by atoms with E-state index in [4.69, 9.17) is 5.11 Å². The standard InChI is InChI=1S/C9H14O/c1-2-3-4-8-5-6-9(10)7-8/h2,7-8,10H,1,3-6H2. The smallest absolute Gasteiger partial charge is 0.0885 e. The quantitative estimate of drug-likeness (QED) is 0.594. The van der Waals surface area contributed by atoms with Crippen LogP contribution in [0.5, 0.6) is 0 Å². The van der Waals surface area contributed by atoms with Gasteiger partial charge >= 0.3 is 0 Å². The van der Waals surface area contributed by atoms with Crippen molar-refractivity contribution >= 4 is 0 Å². The van der Waals surface area contributed by atoms with Gasteiger partial charge in [-0.3, -0.25) is 0 Å². The summed E-state index contributed by atoms with van der Waals surface area (Å²) >= 11 is 0. The van der Waals surface area contributed by atoms with Gasteiger partial charge in [-0.15, -0.1) is 6.58 Å². The highest BCUT2D eigenvalue weighted by Gasteiger charge is 2.13. The van der Waals surface area contributed by atoms with Crippen molar-refractivity contribution < 1.29 is 5.11 Å². The Hall–Kier alpha value is -0.720. The van der Waals surface area contributed by atoms with Crippen molar-refractivity contribution in [3.63, 3.8) is 0 Å². The second kappa shape index (κ2) is 3.45. The maximum Gasteiger partial charge on any atom is 0.0885 e. The van der Waals surface area contributed by atoms with Gasteiger partial charge in [0.15, 0.2) is 0 Å². The van der Waals surface area contributed by atoms with Crippen LogP contribution in [0.2, 0.25) is 0 Å². The minimum atomic E-state index is 0.578. The minimum absolute atomic E-state index is 0.578. The fourth-order valence-electron chi connectivity index (χ4n) is 1.33. The third-order valence-corrected chi connectivity index (χ3v) is 1.94. The molecule has 0 saturated heterocycles. The third kappa shape index (κ3) is 1.90. The Morgan fingerprint density at radius 1 is 1.80 bits per heavy atom. The van der Waals surface area contributed by atoms with Crippen LogP contribution in [0.25, 0.3) is 0 Å². The van der Waals surface area contributed by atoms with Crippen LogP contribution >= 0.6 is 0 Å². The van der Waals surface area contributed by atoms with Gasteiger partial charge in [-0.05, 0) is 31.3 Å². The fraction of sp³-hybridized carbons (Fsp3) is 0.556. The molecule has 1 atom stereocenters. The molecule has 1 heteroatoms. The molecule has 1 N–H and O–H groups in total. The molecular formula is C9H14O. The summed E-state index contributed by atoms with van der Waals surface area (Å²) in [6, 6.07) is 0. The number of hydrogen-bond acceptors (Lipinski definition) is 1. The fourth-order valence-corrected chi connectivity index (χ4v) is 1.33. The molecule has 0 fully saturated rings. The Morgan fingerprint density at radius 3 is 3.10 bits per heavy atom. The lowest BCUT2D eigenvalue weighted by atomic mass is 10.0. The van der Waals surface area contributed by atoms with Crippen molar-refractivity contribution in [2.45, 2.75) is 25.7 Å². The van der Waals surface area contributed by atoms with E-state index >= 15 is 0 Å². The van der Waals surface area contributed by atoms with Crippen LogP contribution in [-0.2, 0) is 0 Å². The first kappa shape index (κ1) is 7.39. The maximum absolute atomic E-state index is 9.03. The molecule has 1 aliphatic carbocycles. The molecule has 1 nitrogen and oxygen atoms in total. The molecule has 0 bridgehead atoms. The molecule has 1 rings (SSSR count). The Balaban J connectivity index is 2.24. The van der Waals surface area contributed by atoms with Crippen LogP contribution in [0.15, 0.2) is 24.5 Å². The van der Waals surface area contributed by atoms with E-state index in [0.717, 1.165) is 25.7 Å². The Morgan fingerprint density at radius 2 is 2.60 bits per heavy atom. The molecule has 0 aromatic heterocycles. The number of allylic oxidation sites excluding steroid dienone is 3. The summed E-state index contributed by atoms with van der Waals surface area (Å²) in [5.74, 6) is 1.19. The van der Waals surface area contributed by atoms with Gasteiger partial charge < -0.3 is 5.11 Å². The molecule has 0 aromatic rings. The normalized spacial score (nSPS) is 24.4. The number of aliphatic hydroxyl groups is 1. The highest BCUT2D eigenvalue weighted by atomic mass is 16.3. The molecule has 1 unspecified atom stereocenters. The predicted molar refractivity (Wildman–Crippen MR) is 42.9 cm³/mol. The molecule has 0 aromatic carbocycles. The summed E-state index contributed by atoms with van der Waals surface area (Å²) in [5.41, 5.74) is 0. The first-order chi connectivity index (χ1) is 4.83. The van der Waals surface area contributed by atoms with Crippen LogP contribution < -0.4 is 0 Å². The van der Waals surface area contributed by atoms with E-state index in [1.165, 1.54) is 0 Å². The lowest BCUT2D eigenvalue weighted by Gasteiger charge is -2.01. The maximum atomic E-state index is 9.03. The van der Waals surface area contributed by atoms with Gasteiger partial charge in [0, 0.05) is 6.42 Å². The van der Waals surface area contributed by atoms with Crippen LogP contribution in [0, 0.1) is 5.92 Å². The minimum Gasteiger partial charge on any atom is -0.513 e. The second-order valence-electron chi connectivity index (χ2n) is 2.82.